The number of carbonyl (C=O) groups is 1. The molecule has 1 aliphatic rings. The molecule has 1 N–H and O–H groups in total. The number of carbonyl (C=O) groups excluding carboxylic acids is 1. The van der Waals surface area contributed by atoms with Crippen LogP contribution in [-0.4, -0.2) is 12.0 Å². The molecule has 4 rings (SSSR count). The summed E-state index contributed by atoms with van der Waals surface area (Å²) in [6.45, 7) is 3.81. The SMILES string of the molecule is CC(C)C(Nc1ccc(C(F)(F)F)c(Cl)c1)C(=O)OCc1cccc2c1CCCc1ccccc1-2. The average Bonchev–Trinajstić information content (AvgIpc) is 3.00. The van der Waals surface area contributed by atoms with Crippen LogP contribution in [0.2, 0.25) is 5.02 Å². The number of nitrogens with one attached hydrogen (secondary N) is 1. The fourth-order valence-electron chi connectivity index (χ4n) is 4.52. The highest BCUT2D eigenvalue weighted by Gasteiger charge is 2.33. The molecule has 0 saturated carbocycles. The van der Waals surface area contributed by atoms with Crippen LogP contribution < -0.4 is 5.32 Å². The van der Waals surface area contributed by atoms with Crippen molar-refractivity contribution in [2.45, 2.75) is 51.9 Å². The number of benzene rings is 3. The fourth-order valence-corrected chi connectivity index (χ4v) is 4.81. The molecule has 3 aromatic carbocycles. The number of hydrogen-bond donors (Lipinski definition) is 1. The van der Waals surface area contributed by atoms with Gasteiger partial charge in [0.2, 0.25) is 0 Å². The molecule has 0 aromatic heterocycles. The minimum absolute atomic E-state index is 0.128. The highest BCUT2D eigenvalue weighted by Crippen LogP contribution is 2.37. The van der Waals surface area contributed by atoms with E-state index in [-0.39, 0.29) is 12.5 Å². The lowest BCUT2D eigenvalue weighted by Gasteiger charge is -2.23. The predicted octanol–water partition coefficient (Wildman–Crippen LogP) is 7.69. The number of aryl methyl sites for hydroxylation is 1. The first kappa shape index (κ1) is 25.1. The summed E-state index contributed by atoms with van der Waals surface area (Å²) in [7, 11) is 0. The topological polar surface area (TPSA) is 38.3 Å². The quantitative estimate of drug-likeness (QED) is 0.352. The lowest BCUT2D eigenvalue weighted by atomic mass is 9.93. The van der Waals surface area contributed by atoms with Crippen molar-refractivity contribution in [2.75, 3.05) is 5.32 Å². The van der Waals surface area contributed by atoms with E-state index < -0.39 is 28.8 Å². The molecule has 1 unspecified atom stereocenters. The van der Waals surface area contributed by atoms with E-state index in [1.807, 2.05) is 32.0 Å². The minimum atomic E-state index is -4.54. The van der Waals surface area contributed by atoms with Gasteiger partial charge in [-0.05, 0) is 71.2 Å². The Kier molecular flexibility index (Phi) is 7.41. The van der Waals surface area contributed by atoms with E-state index in [1.165, 1.54) is 34.4 Å². The zero-order valence-corrected chi connectivity index (χ0v) is 20.3. The summed E-state index contributed by atoms with van der Waals surface area (Å²) < 4.78 is 44.7. The molecule has 0 spiro atoms. The first-order chi connectivity index (χ1) is 16.6. The third kappa shape index (κ3) is 5.64. The zero-order chi connectivity index (χ0) is 25.2. The number of anilines is 1. The van der Waals surface area contributed by atoms with Gasteiger partial charge in [-0.15, -0.1) is 0 Å². The minimum Gasteiger partial charge on any atom is -0.459 e. The molecule has 3 aromatic rings. The van der Waals surface area contributed by atoms with Crippen LogP contribution >= 0.6 is 11.6 Å². The largest absolute Gasteiger partial charge is 0.459 e. The Labute approximate surface area is 208 Å². The summed E-state index contributed by atoms with van der Waals surface area (Å²) in [5.74, 6) is -0.633. The smallest absolute Gasteiger partial charge is 0.417 e. The van der Waals surface area contributed by atoms with Crippen LogP contribution in [0.3, 0.4) is 0 Å². The second kappa shape index (κ2) is 10.3. The van der Waals surface area contributed by atoms with Crippen LogP contribution in [0.4, 0.5) is 18.9 Å². The van der Waals surface area contributed by atoms with Crippen molar-refractivity contribution in [2.24, 2.45) is 5.92 Å². The van der Waals surface area contributed by atoms with Gasteiger partial charge in [0, 0.05) is 5.69 Å². The van der Waals surface area contributed by atoms with Crippen LogP contribution in [0, 0.1) is 5.92 Å². The number of ether oxygens (including phenoxy) is 1. The maximum absolute atomic E-state index is 13.0. The van der Waals surface area contributed by atoms with Crippen molar-refractivity contribution in [3.8, 4) is 11.1 Å². The first-order valence-electron chi connectivity index (χ1n) is 11.6. The molecule has 1 aliphatic carbocycles. The summed E-state index contributed by atoms with van der Waals surface area (Å²) in [5, 5.41) is 2.57. The van der Waals surface area contributed by atoms with Crippen molar-refractivity contribution >= 4 is 23.3 Å². The Morgan fingerprint density at radius 3 is 2.49 bits per heavy atom. The van der Waals surface area contributed by atoms with Gasteiger partial charge in [-0.3, -0.25) is 0 Å². The van der Waals surface area contributed by atoms with Gasteiger partial charge in [0.1, 0.15) is 12.6 Å². The third-order valence-electron chi connectivity index (χ3n) is 6.34. The number of hydrogen-bond acceptors (Lipinski definition) is 3. The monoisotopic (exact) mass is 501 g/mol. The van der Waals surface area contributed by atoms with Gasteiger partial charge in [-0.25, -0.2) is 4.79 Å². The molecule has 3 nitrogen and oxygen atoms in total. The van der Waals surface area contributed by atoms with Crippen molar-refractivity contribution in [3.05, 3.63) is 87.9 Å². The molecule has 0 radical (unpaired) electrons. The maximum atomic E-state index is 13.0. The maximum Gasteiger partial charge on any atom is 0.417 e. The normalized spacial score (nSPS) is 14.0. The van der Waals surface area contributed by atoms with Crippen LogP contribution in [0.1, 0.15) is 42.5 Å². The van der Waals surface area contributed by atoms with Crippen molar-refractivity contribution in [1.82, 2.24) is 0 Å². The summed E-state index contributed by atoms with van der Waals surface area (Å²) in [6.07, 6.45) is -1.63. The highest BCUT2D eigenvalue weighted by atomic mass is 35.5. The highest BCUT2D eigenvalue weighted by molar-refractivity contribution is 6.31. The number of esters is 1. The van der Waals surface area contributed by atoms with E-state index in [1.54, 1.807) is 0 Å². The summed E-state index contributed by atoms with van der Waals surface area (Å²) in [4.78, 5) is 13.0. The number of rotatable bonds is 6. The second-order valence-corrected chi connectivity index (χ2v) is 9.53. The molecule has 184 valence electrons. The second-order valence-electron chi connectivity index (χ2n) is 9.12. The van der Waals surface area contributed by atoms with Crippen molar-refractivity contribution in [3.63, 3.8) is 0 Å². The van der Waals surface area contributed by atoms with Crippen molar-refractivity contribution < 1.29 is 22.7 Å². The van der Waals surface area contributed by atoms with E-state index in [0.29, 0.717) is 5.69 Å². The Morgan fingerprint density at radius 2 is 1.77 bits per heavy atom. The van der Waals surface area contributed by atoms with Gasteiger partial charge >= 0.3 is 12.1 Å². The molecular formula is C28H27ClF3NO2. The van der Waals surface area contributed by atoms with Crippen LogP contribution in [0.15, 0.2) is 60.7 Å². The van der Waals surface area contributed by atoms with Gasteiger partial charge in [-0.1, -0.05) is 67.9 Å². The van der Waals surface area contributed by atoms with Gasteiger partial charge in [0.25, 0.3) is 0 Å². The zero-order valence-electron chi connectivity index (χ0n) is 19.6. The Balaban J connectivity index is 1.50. The molecule has 0 aliphatic heterocycles. The molecule has 0 saturated heterocycles. The lowest BCUT2D eigenvalue weighted by Crippen LogP contribution is -2.36. The fraction of sp³-hybridized carbons (Fsp3) is 0.321. The van der Waals surface area contributed by atoms with Gasteiger partial charge < -0.3 is 10.1 Å². The summed E-state index contributed by atoms with van der Waals surface area (Å²) >= 11 is 5.84. The number of fused-ring (bicyclic) bond motifs is 3. The van der Waals surface area contributed by atoms with Gasteiger partial charge in [-0.2, -0.15) is 13.2 Å². The average molecular weight is 502 g/mol. The van der Waals surface area contributed by atoms with Gasteiger partial charge in [0.15, 0.2) is 0 Å². The Bertz CT molecular complexity index is 1220. The van der Waals surface area contributed by atoms with E-state index in [2.05, 4.69) is 29.6 Å². The van der Waals surface area contributed by atoms with E-state index in [4.69, 9.17) is 16.3 Å². The third-order valence-corrected chi connectivity index (χ3v) is 6.65. The van der Waals surface area contributed by atoms with E-state index in [9.17, 15) is 18.0 Å². The van der Waals surface area contributed by atoms with E-state index >= 15 is 0 Å². The molecule has 1 atom stereocenters. The molecule has 35 heavy (non-hydrogen) atoms. The Hall–Kier alpha value is -2.99. The molecule has 0 fully saturated rings. The summed E-state index contributed by atoms with van der Waals surface area (Å²) in [6, 6.07) is 17.1. The summed E-state index contributed by atoms with van der Waals surface area (Å²) in [5.41, 5.74) is 5.27. The predicted molar refractivity (Wildman–Crippen MR) is 132 cm³/mol. The standard InChI is InChI=1S/C28H27ClF3NO2/c1-17(2)26(33-20-13-14-24(25(29)15-20)28(30,31)32)27(34)35-16-19-9-6-12-23-21-10-4-3-7-18(21)8-5-11-22(19)23/h3-4,6-7,9-10,12-15,17,26,33H,5,8,11,16H2,1-2H3. The van der Waals surface area contributed by atoms with Crippen LogP contribution in [0.25, 0.3) is 11.1 Å². The van der Waals surface area contributed by atoms with Gasteiger partial charge in [0.05, 0.1) is 10.6 Å². The lowest BCUT2D eigenvalue weighted by molar-refractivity contribution is -0.147. The molecule has 0 heterocycles. The first-order valence-corrected chi connectivity index (χ1v) is 12.0. The molecule has 7 heteroatoms. The molecular weight excluding hydrogens is 475 g/mol. The van der Waals surface area contributed by atoms with Crippen molar-refractivity contribution in [1.29, 1.82) is 0 Å². The number of halogens is 4. The molecule has 0 amide bonds. The van der Waals surface area contributed by atoms with Crippen LogP contribution in [0.5, 0.6) is 0 Å². The Morgan fingerprint density at radius 1 is 1.03 bits per heavy atom. The van der Waals surface area contributed by atoms with E-state index in [0.717, 1.165) is 30.9 Å². The number of alkyl halides is 3. The van der Waals surface area contributed by atoms with Crippen LogP contribution in [-0.2, 0) is 35.2 Å². The molecule has 0 bridgehead atoms.